The molecule has 0 N–H and O–H groups in total. The molecule has 0 heterocycles. The molecular formula is C33H47NO. The largest absolute Gasteiger partial charge is 0.494 e. The van der Waals surface area contributed by atoms with Crippen molar-refractivity contribution in [3.05, 3.63) is 54.1 Å². The van der Waals surface area contributed by atoms with Crippen molar-refractivity contribution in [2.75, 3.05) is 6.61 Å². The van der Waals surface area contributed by atoms with E-state index < -0.39 is 0 Å². The second-order valence-corrected chi connectivity index (χ2v) is 10.7. The first-order chi connectivity index (χ1) is 17.2. The number of nitrogens with zero attached hydrogens (tertiary/aromatic N) is 1. The second-order valence-electron chi connectivity index (χ2n) is 10.7. The van der Waals surface area contributed by atoms with Crippen molar-refractivity contribution in [3.63, 3.8) is 0 Å². The van der Waals surface area contributed by atoms with E-state index in [1.165, 1.54) is 74.5 Å². The van der Waals surface area contributed by atoms with Gasteiger partial charge in [0.15, 0.2) is 0 Å². The van der Waals surface area contributed by atoms with E-state index in [4.69, 9.17) is 4.74 Å². The van der Waals surface area contributed by atoms with Crippen LogP contribution in [0.4, 0.5) is 0 Å². The Hall–Kier alpha value is -2.27. The minimum atomic E-state index is -0.0675. The van der Waals surface area contributed by atoms with Crippen LogP contribution >= 0.6 is 0 Å². The van der Waals surface area contributed by atoms with E-state index in [2.05, 4.69) is 68.4 Å². The Balaban J connectivity index is 1.45. The lowest BCUT2D eigenvalue weighted by atomic mass is 9.67. The molecule has 3 rings (SSSR count). The molecule has 2 nitrogen and oxygen atoms in total. The van der Waals surface area contributed by atoms with Gasteiger partial charge in [-0.2, -0.15) is 5.26 Å². The predicted molar refractivity (Wildman–Crippen MR) is 149 cm³/mol. The second kappa shape index (κ2) is 15.0. The third kappa shape index (κ3) is 8.71. The third-order valence-electron chi connectivity index (χ3n) is 8.03. The summed E-state index contributed by atoms with van der Waals surface area (Å²) in [5.41, 5.74) is 3.87. The van der Waals surface area contributed by atoms with Gasteiger partial charge in [-0.05, 0) is 73.3 Å². The van der Waals surface area contributed by atoms with Gasteiger partial charge in [-0.15, -0.1) is 0 Å². The number of rotatable bonds is 15. The highest BCUT2D eigenvalue weighted by molar-refractivity contribution is 5.64. The number of hydrogen-bond donors (Lipinski definition) is 0. The topological polar surface area (TPSA) is 33.0 Å². The van der Waals surface area contributed by atoms with Crippen LogP contribution in [0.5, 0.6) is 5.75 Å². The van der Waals surface area contributed by atoms with E-state index >= 15 is 0 Å². The van der Waals surface area contributed by atoms with Crippen molar-refractivity contribution in [1.82, 2.24) is 0 Å². The molecule has 0 aromatic heterocycles. The molecule has 1 saturated carbocycles. The molecule has 0 unspecified atom stereocenters. The number of unbranched alkanes of at least 4 members (excludes halogenated alkanes) is 8. The molecule has 0 aliphatic heterocycles. The van der Waals surface area contributed by atoms with Crippen molar-refractivity contribution < 1.29 is 4.74 Å². The zero-order valence-corrected chi connectivity index (χ0v) is 22.4. The Labute approximate surface area is 215 Å². The maximum atomic E-state index is 9.92. The molecule has 0 spiro atoms. The van der Waals surface area contributed by atoms with Crippen molar-refractivity contribution in [2.45, 2.75) is 116 Å². The molecular weight excluding hydrogens is 426 g/mol. The summed E-state index contributed by atoms with van der Waals surface area (Å²) in [5, 5.41) is 9.92. The zero-order valence-electron chi connectivity index (χ0n) is 22.4. The Morgan fingerprint density at radius 3 is 1.86 bits per heavy atom. The molecule has 2 aromatic rings. The molecule has 1 fully saturated rings. The lowest BCUT2D eigenvalue weighted by molar-refractivity contribution is 0.223. The van der Waals surface area contributed by atoms with Gasteiger partial charge in [-0.25, -0.2) is 0 Å². The van der Waals surface area contributed by atoms with E-state index in [1.807, 2.05) is 0 Å². The van der Waals surface area contributed by atoms with Crippen LogP contribution in [-0.2, 0) is 0 Å². The van der Waals surface area contributed by atoms with Gasteiger partial charge < -0.3 is 4.74 Å². The SMILES string of the molecule is CCCCCCCOc1ccc(-c2ccc(C3CCC(C#N)(CCCCCCC)CC3)cc2)cc1. The van der Waals surface area contributed by atoms with Crippen LogP contribution in [0.15, 0.2) is 48.5 Å². The highest BCUT2D eigenvalue weighted by Gasteiger charge is 2.35. The highest BCUT2D eigenvalue weighted by Crippen LogP contribution is 2.46. The first-order valence-electron chi connectivity index (χ1n) is 14.4. The lowest BCUT2D eigenvalue weighted by Gasteiger charge is -2.35. The average Bonchev–Trinajstić information content (AvgIpc) is 2.91. The summed E-state index contributed by atoms with van der Waals surface area (Å²) < 4.78 is 5.92. The first-order valence-corrected chi connectivity index (χ1v) is 14.4. The van der Waals surface area contributed by atoms with Gasteiger partial charge in [0.25, 0.3) is 0 Å². The Morgan fingerprint density at radius 2 is 1.29 bits per heavy atom. The van der Waals surface area contributed by atoms with Crippen LogP contribution < -0.4 is 4.74 Å². The smallest absolute Gasteiger partial charge is 0.119 e. The Kier molecular flexibility index (Phi) is 11.7. The Bertz CT molecular complexity index is 869. The summed E-state index contributed by atoms with van der Waals surface area (Å²) in [7, 11) is 0. The van der Waals surface area contributed by atoms with Gasteiger partial charge >= 0.3 is 0 Å². The van der Waals surface area contributed by atoms with Gasteiger partial charge in [-0.1, -0.05) is 108 Å². The fourth-order valence-corrected chi connectivity index (χ4v) is 5.58. The molecule has 1 aliphatic carbocycles. The van der Waals surface area contributed by atoms with Crippen LogP contribution in [0.1, 0.15) is 122 Å². The van der Waals surface area contributed by atoms with E-state index in [0.717, 1.165) is 50.9 Å². The first kappa shape index (κ1) is 27.3. The van der Waals surface area contributed by atoms with Gasteiger partial charge in [0.2, 0.25) is 0 Å². The summed E-state index contributed by atoms with van der Waals surface area (Å²) in [6, 6.07) is 20.4. The Morgan fingerprint density at radius 1 is 0.743 bits per heavy atom. The fraction of sp³-hybridized carbons (Fsp3) is 0.606. The number of nitriles is 1. The van der Waals surface area contributed by atoms with Crippen molar-refractivity contribution in [1.29, 1.82) is 5.26 Å². The minimum Gasteiger partial charge on any atom is -0.494 e. The molecule has 35 heavy (non-hydrogen) atoms. The average molecular weight is 474 g/mol. The summed E-state index contributed by atoms with van der Waals surface area (Å²) in [4.78, 5) is 0. The zero-order chi connectivity index (χ0) is 24.8. The number of ether oxygens (including phenoxy) is 1. The fourth-order valence-electron chi connectivity index (χ4n) is 5.58. The van der Waals surface area contributed by atoms with E-state index in [-0.39, 0.29) is 5.41 Å². The standard InChI is InChI=1S/C33H47NO/c1-3-5-7-9-11-23-33(27-34)24-21-31(22-25-33)29-15-13-28(14-16-29)30-17-19-32(20-18-30)35-26-12-10-8-6-4-2/h13-20,31H,3-12,21-26H2,1-2H3. The van der Waals surface area contributed by atoms with Crippen LogP contribution in [0, 0.1) is 16.7 Å². The van der Waals surface area contributed by atoms with Gasteiger partial charge in [0, 0.05) is 0 Å². The van der Waals surface area contributed by atoms with E-state index in [0.29, 0.717) is 5.92 Å². The molecule has 1 aliphatic rings. The number of hydrogen-bond acceptors (Lipinski definition) is 2. The molecule has 190 valence electrons. The normalized spacial score (nSPS) is 19.9. The summed E-state index contributed by atoms with van der Waals surface area (Å²) in [5.74, 6) is 1.56. The minimum absolute atomic E-state index is 0.0675. The van der Waals surface area contributed by atoms with Crippen LogP contribution in [0.2, 0.25) is 0 Å². The van der Waals surface area contributed by atoms with Crippen molar-refractivity contribution in [2.24, 2.45) is 5.41 Å². The quantitative estimate of drug-likeness (QED) is 0.241. The summed E-state index contributed by atoms with van der Waals surface area (Å²) in [6.45, 7) is 5.32. The van der Waals surface area contributed by atoms with Crippen LogP contribution in [0.3, 0.4) is 0 Å². The van der Waals surface area contributed by atoms with Gasteiger partial charge in [0.1, 0.15) is 5.75 Å². The molecule has 2 heteroatoms. The predicted octanol–water partition coefficient (Wildman–Crippen LogP) is 10.2. The molecule has 0 radical (unpaired) electrons. The molecule has 0 amide bonds. The number of benzene rings is 2. The summed E-state index contributed by atoms with van der Waals surface area (Å²) >= 11 is 0. The highest BCUT2D eigenvalue weighted by atomic mass is 16.5. The molecule has 0 atom stereocenters. The maximum absolute atomic E-state index is 9.92. The lowest BCUT2D eigenvalue weighted by Crippen LogP contribution is -2.25. The molecule has 2 aromatic carbocycles. The summed E-state index contributed by atoms with van der Waals surface area (Å²) in [6.07, 6.45) is 18.3. The van der Waals surface area contributed by atoms with E-state index in [1.54, 1.807) is 0 Å². The van der Waals surface area contributed by atoms with Crippen molar-refractivity contribution >= 4 is 0 Å². The van der Waals surface area contributed by atoms with E-state index in [9.17, 15) is 5.26 Å². The third-order valence-corrected chi connectivity index (χ3v) is 8.03. The van der Waals surface area contributed by atoms with Crippen LogP contribution in [-0.4, -0.2) is 6.61 Å². The maximum Gasteiger partial charge on any atom is 0.119 e. The monoisotopic (exact) mass is 473 g/mol. The molecule has 0 saturated heterocycles. The van der Waals surface area contributed by atoms with Gasteiger partial charge in [-0.3, -0.25) is 0 Å². The van der Waals surface area contributed by atoms with Crippen molar-refractivity contribution in [3.8, 4) is 22.9 Å². The van der Waals surface area contributed by atoms with Gasteiger partial charge in [0.05, 0.1) is 18.1 Å². The van der Waals surface area contributed by atoms with Crippen LogP contribution in [0.25, 0.3) is 11.1 Å². The molecule has 0 bridgehead atoms.